The molecule has 0 aromatic heterocycles. The number of amides is 1. The molecule has 0 aliphatic heterocycles. The van der Waals surface area contributed by atoms with Crippen LogP contribution in [0.2, 0.25) is 10.0 Å². The van der Waals surface area contributed by atoms with E-state index in [0.717, 1.165) is 6.07 Å². The van der Waals surface area contributed by atoms with Crippen molar-refractivity contribution >= 4 is 67.1 Å². The topological polar surface area (TPSA) is 140 Å². The number of benzene rings is 4. The number of hydrogen-bond acceptors (Lipinski definition) is 7. The van der Waals surface area contributed by atoms with Crippen LogP contribution in [0.5, 0.6) is 11.5 Å². The summed E-state index contributed by atoms with van der Waals surface area (Å²) in [6.45, 7) is 3.72. The number of carbonyl (C=O) groups excluding carboxylic acids is 1. The van der Waals surface area contributed by atoms with Crippen molar-refractivity contribution in [3.63, 3.8) is 0 Å². The van der Waals surface area contributed by atoms with Crippen molar-refractivity contribution in [2.75, 3.05) is 11.9 Å². The van der Waals surface area contributed by atoms with Gasteiger partial charge in [0.25, 0.3) is 16.0 Å². The molecule has 0 fully saturated rings. The standard InChI is InChI=1S/C26H21Cl2N3O6S.Na/c1-3-37-21-10-6-9-19(23(21)28)29-26(33)17-12-15-7-4-5-8-16(15)24(25(17)32)31-30-20-13-18(27)22(11-14(20)2)38(34,35)36;/h4-13,32H,3H2,1-2H3,(H,29,33)(H,34,35,36);/q;+1/p-1. The van der Waals surface area contributed by atoms with Crippen molar-refractivity contribution in [2.24, 2.45) is 10.2 Å². The smallest absolute Gasteiger partial charge is 0.870 e. The molecule has 0 spiro atoms. The molecule has 0 saturated heterocycles. The molecule has 13 heteroatoms. The van der Waals surface area contributed by atoms with Gasteiger partial charge in [-0.1, -0.05) is 59.3 Å². The number of carbonyl (C=O) groups is 1. The minimum absolute atomic E-state index is 0. The molecule has 0 heterocycles. The molecule has 4 aromatic carbocycles. The summed E-state index contributed by atoms with van der Waals surface area (Å²) in [7, 11) is -4.54. The minimum Gasteiger partial charge on any atom is -0.870 e. The monoisotopic (exact) mass is 595 g/mol. The van der Waals surface area contributed by atoms with Gasteiger partial charge in [0.05, 0.1) is 28.7 Å². The summed E-state index contributed by atoms with van der Waals surface area (Å²) >= 11 is 12.4. The summed E-state index contributed by atoms with van der Waals surface area (Å²) < 4.78 is 37.8. The Bertz CT molecular complexity index is 1710. The summed E-state index contributed by atoms with van der Waals surface area (Å²) in [4.78, 5) is 12.7. The number of halogens is 2. The second-order valence-electron chi connectivity index (χ2n) is 8.07. The van der Waals surface area contributed by atoms with Gasteiger partial charge in [0.15, 0.2) is 0 Å². The van der Waals surface area contributed by atoms with Crippen LogP contribution in [0.15, 0.2) is 75.8 Å². The Morgan fingerprint density at radius 3 is 2.49 bits per heavy atom. The molecule has 0 radical (unpaired) electrons. The Morgan fingerprint density at radius 2 is 1.79 bits per heavy atom. The largest absolute Gasteiger partial charge is 1.00 e. The summed E-state index contributed by atoms with van der Waals surface area (Å²) in [5, 5.41) is 25.2. The Balaban J connectivity index is 0.00000420. The van der Waals surface area contributed by atoms with Crippen LogP contribution >= 0.6 is 23.2 Å². The predicted molar refractivity (Wildman–Crippen MR) is 144 cm³/mol. The van der Waals surface area contributed by atoms with Gasteiger partial charge in [-0.15, -0.1) is 0 Å². The molecule has 4 rings (SSSR count). The summed E-state index contributed by atoms with van der Waals surface area (Å²) in [5.41, 5.74) is 0.479. The third-order valence-electron chi connectivity index (χ3n) is 5.52. The van der Waals surface area contributed by atoms with E-state index in [1.54, 1.807) is 56.3 Å². The zero-order valence-corrected chi connectivity index (χ0v) is 25.4. The number of fused-ring (bicyclic) bond motifs is 1. The Morgan fingerprint density at radius 1 is 1.08 bits per heavy atom. The molecule has 0 saturated carbocycles. The third kappa shape index (κ3) is 6.72. The Hall–Kier alpha value is -2.70. The zero-order chi connectivity index (χ0) is 27.6. The molecule has 0 aliphatic rings. The van der Waals surface area contributed by atoms with Gasteiger partial charge in [0.2, 0.25) is 0 Å². The number of azo groups is 1. The maximum absolute atomic E-state index is 13.4. The van der Waals surface area contributed by atoms with E-state index >= 15 is 0 Å². The Kier molecular flexibility index (Phi) is 10.0. The van der Waals surface area contributed by atoms with Gasteiger partial charge >= 0.3 is 29.6 Å². The second kappa shape index (κ2) is 12.6. The van der Waals surface area contributed by atoms with Crippen LogP contribution in [-0.2, 0) is 10.1 Å². The maximum Gasteiger partial charge on any atom is 1.00 e. The van der Waals surface area contributed by atoms with Crippen LogP contribution < -0.4 is 44.7 Å². The molecule has 39 heavy (non-hydrogen) atoms. The van der Waals surface area contributed by atoms with Crippen molar-refractivity contribution < 1.29 is 57.2 Å². The first-order valence-corrected chi connectivity index (χ1v) is 13.4. The van der Waals surface area contributed by atoms with E-state index in [1.165, 1.54) is 12.1 Å². The summed E-state index contributed by atoms with van der Waals surface area (Å²) in [6.07, 6.45) is 0. The summed E-state index contributed by atoms with van der Waals surface area (Å²) in [6, 6.07) is 15.5. The average Bonchev–Trinajstić information content (AvgIpc) is 2.86. The van der Waals surface area contributed by atoms with Crippen LogP contribution in [0.1, 0.15) is 22.8 Å². The van der Waals surface area contributed by atoms with E-state index in [1.807, 2.05) is 0 Å². The van der Waals surface area contributed by atoms with E-state index in [4.69, 9.17) is 27.9 Å². The molecule has 0 bridgehead atoms. The molecule has 0 unspecified atom stereocenters. The van der Waals surface area contributed by atoms with E-state index in [2.05, 4.69) is 15.5 Å². The van der Waals surface area contributed by atoms with Gasteiger partial charge in [-0.2, -0.15) is 18.6 Å². The van der Waals surface area contributed by atoms with Crippen molar-refractivity contribution in [2.45, 2.75) is 18.7 Å². The van der Waals surface area contributed by atoms with Gasteiger partial charge in [-0.25, -0.2) is 0 Å². The maximum atomic E-state index is 13.4. The fraction of sp³-hybridized carbons (Fsp3) is 0.115. The number of hydrogen-bond donors (Lipinski definition) is 2. The first kappa shape index (κ1) is 30.8. The van der Waals surface area contributed by atoms with Crippen LogP contribution in [0.25, 0.3) is 10.8 Å². The number of nitrogens with zero attached hydrogens (tertiary/aromatic N) is 2. The molecule has 4 aromatic rings. The molecule has 196 valence electrons. The number of rotatable bonds is 7. The van der Waals surface area contributed by atoms with Gasteiger partial charge in [0, 0.05) is 10.9 Å². The predicted octanol–water partition coefficient (Wildman–Crippen LogP) is 3.85. The van der Waals surface area contributed by atoms with E-state index in [-0.39, 0.29) is 62.2 Å². The van der Waals surface area contributed by atoms with E-state index < -0.39 is 26.7 Å². The fourth-order valence-corrected chi connectivity index (χ4v) is 5.00. The van der Waals surface area contributed by atoms with Crippen molar-refractivity contribution in [3.8, 4) is 11.5 Å². The molecule has 0 atom stereocenters. The van der Waals surface area contributed by atoms with Crippen LogP contribution in [-0.4, -0.2) is 25.5 Å². The van der Waals surface area contributed by atoms with Crippen LogP contribution in [0.3, 0.4) is 0 Å². The number of nitrogens with one attached hydrogen (secondary N) is 1. The first-order chi connectivity index (χ1) is 18.0. The van der Waals surface area contributed by atoms with Crippen LogP contribution in [0, 0.1) is 6.92 Å². The molecular formula is C26H20Cl2N3NaO6S. The molecule has 9 nitrogen and oxygen atoms in total. The van der Waals surface area contributed by atoms with E-state index in [9.17, 15) is 22.9 Å². The molecule has 1 amide bonds. The first-order valence-electron chi connectivity index (χ1n) is 11.2. The summed E-state index contributed by atoms with van der Waals surface area (Å²) in [5.74, 6) is -0.999. The van der Waals surface area contributed by atoms with Crippen LogP contribution in [0.4, 0.5) is 17.1 Å². The quantitative estimate of drug-likeness (QED) is 0.189. The van der Waals surface area contributed by atoms with Gasteiger partial charge in [0.1, 0.15) is 15.7 Å². The van der Waals surface area contributed by atoms with Gasteiger partial charge in [-0.3, -0.25) is 9.35 Å². The number of ether oxygens (including phenoxy) is 1. The SMILES string of the molecule is CCOc1cccc(NC(=O)c2cc3ccccc3c(N=Nc3cc(Cl)c(S(=O)(=O)O)cc3C)c2[O-])c1Cl.[Na+]. The number of aryl methyl sites for hydroxylation is 1. The fourth-order valence-electron chi connectivity index (χ4n) is 3.70. The molecular weight excluding hydrogens is 576 g/mol. The molecule has 0 aliphatic carbocycles. The van der Waals surface area contributed by atoms with Gasteiger partial charge < -0.3 is 15.2 Å². The minimum atomic E-state index is -4.54. The van der Waals surface area contributed by atoms with E-state index in [0.29, 0.717) is 28.7 Å². The number of anilines is 1. The second-order valence-corrected chi connectivity index (χ2v) is 10.2. The Labute approximate surface area is 256 Å². The normalized spacial score (nSPS) is 11.4. The van der Waals surface area contributed by atoms with Crippen molar-refractivity contribution in [1.29, 1.82) is 0 Å². The molecule has 2 N–H and O–H groups in total. The average molecular weight is 596 g/mol. The van der Waals surface area contributed by atoms with Gasteiger partial charge in [-0.05, 0) is 55.1 Å². The zero-order valence-electron chi connectivity index (χ0n) is 21.0. The van der Waals surface area contributed by atoms with Crippen molar-refractivity contribution in [3.05, 3.63) is 81.8 Å². The van der Waals surface area contributed by atoms with Crippen molar-refractivity contribution in [1.82, 2.24) is 0 Å². The third-order valence-corrected chi connectivity index (χ3v) is 7.23.